The lowest BCUT2D eigenvalue weighted by Gasteiger charge is -2.06. The molecule has 1 heterocycles. The van der Waals surface area contributed by atoms with Gasteiger partial charge in [0.2, 0.25) is 0 Å². The number of fused-ring (bicyclic) bond motifs is 1. The fourth-order valence-corrected chi connectivity index (χ4v) is 1.89. The fourth-order valence-electron chi connectivity index (χ4n) is 1.89. The summed E-state index contributed by atoms with van der Waals surface area (Å²) in [5.74, 6) is -1.77. The van der Waals surface area contributed by atoms with Crippen molar-refractivity contribution in [2.75, 3.05) is 6.54 Å². The van der Waals surface area contributed by atoms with E-state index in [2.05, 4.69) is 5.32 Å². The summed E-state index contributed by atoms with van der Waals surface area (Å²) in [7, 11) is 1.82. The number of carboxylic acid groups (broad SMARTS) is 1. The predicted octanol–water partition coefficient (Wildman–Crippen LogP) is 0.354. The standard InChI is InChI=1S/C13H14N2O4/c1-15-7-9(8-4-2-3-5-10(8)15)12(17)14-6-11(16)13(18)19/h2-5,7,11,16H,6H2,1H3,(H,14,17)(H,18,19)/t11-/m0/s1. The molecule has 0 spiro atoms. The van der Waals surface area contributed by atoms with E-state index in [9.17, 15) is 9.59 Å². The number of hydrogen-bond acceptors (Lipinski definition) is 3. The number of aryl methyl sites for hydroxylation is 1. The van der Waals surface area contributed by atoms with Crippen molar-refractivity contribution >= 4 is 22.8 Å². The molecule has 1 amide bonds. The molecule has 3 N–H and O–H groups in total. The van der Waals surface area contributed by atoms with Gasteiger partial charge >= 0.3 is 5.97 Å². The number of nitrogens with zero attached hydrogens (tertiary/aromatic N) is 1. The van der Waals surface area contributed by atoms with Gasteiger partial charge in [-0.3, -0.25) is 4.79 Å². The lowest BCUT2D eigenvalue weighted by Crippen LogP contribution is -2.36. The Balaban J connectivity index is 2.20. The minimum absolute atomic E-state index is 0.322. The summed E-state index contributed by atoms with van der Waals surface area (Å²) < 4.78 is 1.82. The molecule has 0 aliphatic heterocycles. The largest absolute Gasteiger partial charge is 0.479 e. The Bertz CT molecular complexity index is 633. The lowest BCUT2D eigenvalue weighted by atomic mass is 10.1. The second-order valence-electron chi connectivity index (χ2n) is 4.23. The van der Waals surface area contributed by atoms with E-state index < -0.39 is 18.0 Å². The van der Waals surface area contributed by atoms with Crippen LogP contribution >= 0.6 is 0 Å². The van der Waals surface area contributed by atoms with Crippen molar-refractivity contribution in [3.63, 3.8) is 0 Å². The van der Waals surface area contributed by atoms with Gasteiger partial charge < -0.3 is 20.1 Å². The van der Waals surface area contributed by atoms with Gasteiger partial charge in [-0.15, -0.1) is 0 Å². The highest BCUT2D eigenvalue weighted by Crippen LogP contribution is 2.19. The molecule has 0 radical (unpaired) electrons. The van der Waals surface area contributed by atoms with Crippen LogP contribution in [0.2, 0.25) is 0 Å². The van der Waals surface area contributed by atoms with Crippen molar-refractivity contribution in [2.24, 2.45) is 7.05 Å². The smallest absolute Gasteiger partial charge is 0.334 e. The molecule has 0 aliphatic carbocycles. The highest BCUT2D eigenvalue weighted by Gasteiger charge is 2.17. The molecule has 0 bridgehead atoms. The average Bonchev–Trinajstić information content (AvgIpc) is 2.73. The highest BCUT2D eigenvalue weighted by atomic mass is 16.4. The quantitative estimate of drug-likeness (QED) is 0.741. The molecule has 0 saturated carbocycles. The molecular weight excluding hydrogens is 248 g/mol. The van der Waals surface area contributed by atoms with Gasteiger partial charge in [0.1, 0.15) is 0 Å². The summed E-state index contributed by atoms with van der Waals surface area (Å²) in [6.45, 7) is -0.322. The first kappa shape index (κ1) is 13.1. The molecule has 0 saturated heterocycles. The Morgan fingerprint density at radius 3 is 2.74 bits per heavy atom. The summed E-state index contributed by atoms with van der Waals surface area (Å²) in [6.07, 6.45) is 0.0755. The number of carbonyl (C=O) groups excluding carboxylic acids is 1. The molecule has 1 atom stereocenters. The molecule has 6 nitrogen and oxygen atoms in total. The number of aliphatic carboxylic acids is 1. The Morgan fingerprint density at radius 2 is 2.05 bits per heavy atom. The monoisotopic (exact) mass is 262 g/mol. The van der Waals surface area contributed by atoms with E-state index in [1.165, 1.54) is 0 Å². The first-order valence-electron chi connectivity index (χ1n) is 5.74. The molecule has 100 valence electrons. The van der Waals surface area contributed by atoms with E-state index in [0.29, 0.717) is 5.56 Å². The SMILES string of the molecule is Cn1cc(C(=O)NC[C@H](O)C(=O)O)c2ccccc21. The number of carbonyl (C=O) groups is 2. The zero-order valence-electron chi connectivity index (χ0n) is 10.3. The van der Waals surface area contributed by atoms with E-state index in [4.69, 9.17) is 10.2 Å². The summed E-state index contributed by atoms with van der Waals surface area (Å²) in [5, 5.41) is 20.8. The second kappa shape index (κ2) is 5.11. The van der Waals surface area contributed by atoms with Gasteiger partial charge in [-0.05, 0) is 6.07 Å². The Hall–Kier alpha value is -2.34. The topological polar surface area (TPSA) is 91.6 Å². The molecule has 2 rings (SSSR count). The maximum atomic E-state index is 12.0. The van der Waals surface area contributed by atoms with Gasteiger partial charge in [-0.1, -0.05) is 18.2 Å². The number of benzene rings is 1. The summed E-state index contributed by atoms with van der Waals surface area (Å²) in [6, 6.07) is 7.40. The summed E-state index contributed by atoms with van der Waals surface area (Å²) in [5.41, 5.74) is 1.36. The normalized spacial score (nSPS) is 12.3. The first-order chi connectivity index (χ1) is 9.00. The maximum Gasteiger partial charge on any atom is 0.334 e. The zero-order valence-corrected chi connectivity index (χ0v) is 10.3. The lowest BCUT2D eigenvalue weighted by molar-refractivity contribution is -0.146. The van der Waals surface area contributed by atoms with Crippen LogP contribution in [0.4, 0.5) is 0 Å². The molecule has 6 heteroatoms. The van der Waals surface area contributed by atoms with Crippen molar-refractivity contribution < 1.29 is 19.8 Å². The van der Waals surface area contributed by atoms with Crippen LogP contribution in [0.3, 0.4) is 0 Å². The van der Waals surface area contributed by atoms with Crippen LogP contribution in [0.25, 0.3) is 10.9 Å². The zero-order chi connectivity index (χ0) is 14.0. The van der Waals surface area contributed by atoms with Crippen LogP contribution in [-0.2, 0) is 11.8 Å². The van der Waals surface area contributed by atoms with Crippen molar-refractivity contribution in [1.29, 1.82) is 0 Å². The minimum atomic E-state index is -1.60. The second-order valence-corrected chi connectivity index (χ2v) is 4.23. The number of aliphatic hydroxyl groups excluding tert-OH is 1. The molecule has 19 heavy (non-hydrogen) atoms. The van der Waals surface area contributed by atoms with E-state index in [-0.39, 0.29) is 6.54 Å². The number of rotatable bonds is 4. The predicted molar refractivity (Wildman–Crippen MR) is 68.9 cm³/mol. The van der Waals surface area contributed by atoms with Gasteiger partial charge in [0.25, 0.3) is 5.91 Å². The third-order valence-corrected chi connectivity index (χ3v) is 2.88. The first-order valence-corrected chi connectivity index (χ1v) is 5.74. The van der Waals surface area contributed by atoms with Crippen LogP contribution in [0.5, 0.6) is 0 Å². The van der Waals surface area contributed by atoms with Gasteiger partial charge in [-0.2, -0.15) is 0 Å². The number of carboxylic acids is 1. The van der Waals surface area contributed by atoms with E-state index in [1.54, 1.807) is 6.20 Å². The number of para-hydroxylation sites is 1. The molecule has 0 fully saturated rings. The van der Waals surface area contributed by atoms with E-state index >= 15 is 0 Å². The van der Waals surface area contributed by atoms with Gasteiger partial charge in [0, 0.05) is 24.1 Å². The highest BCUT2D eigenvalue weighted by molar-refractivity contribution is 6.07. The molecule has 1 aromatic carbocycles. The van der Waals surface area contributed by atoms with Crippen molar-refractivity contribution in [3.8, 4) is 0 Å². The maximum absolute atomic E-state index is 12.0. The Morgan fingerprint density at radius 1 is 1.37 bits per heavy atom. The van der Waals surface area contributed by atoms with Gasteiger partial charge in [-0.25, -0.2) is 4.79 Å². The van der Waals surface area contributed by atoms with Gasteiger partial charge in [0.15, 0.2) is 6.10 Å². The van der Waals surface area contributed by atoms with Crippen LogP contribution in [-0.4, -0.2) is 39.3 Å². The third kappa shape index (κ3) is 2.58. The molecule has 0 unspecified atom stereocenters. The number of hydrogen-bond donors (Lipinski definition) is 3. The van der Waals surface area contributed by atoms with Crippen molar-refractivity contribution in [3.05, 3.63) is 36.0 Å². The van der Waals surface area contributed by atoms with E-state index in [0.717, 1.165) is 10.9 Å². The van der Waals surface area contributed by atoms with Crippen LogP contribution in [0.1, 0.15) is 10.4 Å². The molecule has 0 aliphatic rings. The van der Waals surface area contributed by atoms with Crippen LogP contribution in [0, 0.1) is 0 Å². The van der Waals surface area contributed by atoms with E-state index in [1.807, 2.05) is 35.9 Å². The average molecular weight is 262 g/mol. The third-order valence-electron chi connectivity index (χ3n) is 2.88. The Kier molecular flexibility index (Phi) is 3.52. The number of aromatic nitrogens is 1. The minimum Gasteiger partial charge on any atom is -0.479 e. The van der Waals surface area contributed by atoms with Crippen LogP contribution in [0.15, 0.2) is 30.5 Å². The summed E-state index contributed by atoms with van der Waals surface area (Å²) >= 11 is 0. The van der Waals surface area contributed by atoms with Crippen molar-refractivity contribution in [1.82, 2.24) is 9.88 Å². The van der Waals surface area contributed by atoms with Crippen molar-refractivity contribution in [2.45, 2.75) is 6.10 Å². The summed E-state index contributed by atoms with van der Waals surface area (Å²) in [4.78, 5) is 22.4. The van der Waals surface area contributed by atoms with Gasteiger partial charge in [0.05, 0.1) is 12.1 Å². The number of aliphatic hydroxyl groups is 1. The van der Waals surface area contributed by atoms with Crippen LogP contribution < -0.4 is 5.32 Å². The number of amides is 1. The Labute approximate surface area is 109 Å². The molecule has 1 aromatic heterocycles. The molecule has 2 aromatic rings. The fraction of sp³-hybridized carbons (Fsp3) is 0.231. The molecular formula is C13H14N2O4. The number of nitrogens with one attached hydrogen (secondary N) is 1.